The predicted octanol–water partition coefficient (Wildman–Crippen LogP) is 5.73. The Morgan fingerprint density at radius 2 is 2.06 bits per heavy atom. The first-order valence-electron chi connectivity index (χ1n) is 12.0. The number of amides is 1. The summed E-state index contributed by atoms with van der Waals surface area (Å²) in [5.41, 5.74) is 2.77. The summed E-state index contributed by atoms with van der Waals surface area (Å²) in [5.74, 6) is 1.59. The van der Waals surface area contributed by atoms with Crippen molar-refractivity contribution in [3.05, 3.63) is 59.4 Å². The summed E-state index contributed by atoms with van der Waals surface area (Å²) < 4.78 is 12.6. The molecule has 0 bridgehead atoms. The number of likely N-dealkylation sites (tertiary alicyclic amines) is 1. The van der Waals surface area contributed by atoms with Gasteiger partial charge in [0.15, 0.2) is 0 Å². The second-order valence-corrected chi connectivity index (χ2v) is 9.73. The van der Waals surface area contributed by atoms with Gasteiger partial charge in [0, 0.05) is 31.0 Å². The Bertz CT molecular complexity index is 920. The van der Waals surface area contributed by atoms with Gasteiger partial charge in [-0.25, -0.2) is 0 Å². The lowest BCUT2D eigenvalue weighted by Crippen LogP contribution is -2.51. The van der Waals surface area contributed by atoms with Crippen LogP contribution in [0.2, 0.25) is 0 Å². The zero-order valence-electron chi connectivity index (χ0n) is 19.8. The molecule has 0 aliphatic carbocycles. The lowest BCUT2D eigenvalue weighted by atomic mass is 9.76. The van der Waals surface area contributed by atoms with Crippen LogP contribution in [-0.2, 0) is 4.74 Å². The lowest BCUT2D eigenvalue weighted by Gasteiger charge is -2.49. The van der Waals surface area contributed by atoms with E-state index in [-0.39, 0.29) is 23.7 Å². The minimum atomic E-state index is -0.138. The number of piperidine rings is 1. The van der Waals surface area contributed by atoms with Gasteiger partial charge in [-0.05, 0) is 87.8 Å². The number of pyridine rings is 1. The van der Waals surface area contributed by atoms with E-state index in [4.69, 9.17) is 9.47 Å². The molecular weight excluding hydrogens is 400 g/mol. The third kappa shape index (κ3) is 4.98. The number of carbonyl (C=O) groups excluding carboxylic acids is 1. The van der Waals surface area contributed by atoms with Crippen molar-refractivity contribution in [1.82, 2.24) is 9.88 Å². The summed E-state index contributed by atoms with van der Waals surface area (Å²) in [6.45, 7) is 9.77. The largest absolute Gasteiger partial charge is 0.491 e. The van der Waals surface area contributed by atoms with Crippen LogP contribution in [0.25, 0.3) is 0 Å². The summed E-state index contributed by atoms with van der Waals surface area (Å²) in [6.07, 6.45) is 9.04. The highest BCUT2D eigenvalue weighted by atomic mass is 16.5. The molecule has 32 heavy (non-hydrogen) atoms. The van der Waals surface area contributed by atoms with Crippen molar-refractivity contribution >= 4 is 5.91 Å². The molecule has 4 rings (SSSR count). The van der Waals surface area contributed by atoms with Gasteiger partial charge in [0.25, 0.3) is 5.91 Å². The van der Waals surface area contributed by atoms with Crippen LogP contribution in [0.15, 0.2) is 42.7 Å². The number of carbonyl (C=O) groups is 1. The van der Waals surface area contributed by atoms with Gasteiger partial charge < -0.3 is 14.4 Å². The molecule has 1 amide bonds. The van der Waals surface area contributed by atoms with Gasteiger partial charge in [-0.1, -0.05) is 19.4 Å². The molecule has 0 radical (unpaired) electrons. The Labute approximate surface area is 192 Å². The van der Waals surface area contributed by atoms with Gasteiger partial charge in [-0.2, -0.15) is 0 Å². The van der Waals surface area contributed by atoms with E-state index in [1.54, 1.807) is 0 Å². The van der Waals surface area contributed by atoms with Gasteiger partial charge in [-0.3, -0.25) is 9.78 Å². The van der Waals surface area contributed by atoms with Crippen molar-refractivity contribution in [2.75, 3.05) is 13.1 Å². The highest BCUT2D eigenvalue weighted by molar-refractivity contribution is 5.94. The Kier molecular flexibility index (Phi) is 6.85. The molecule has 1 spiro atoms. The van der Waals surface area contributed by atoms with E-state index in [0.29, 0.717) is 5.92 Å². The fraction of sp³-hybridized carbons (Fsp3) is 0.556. The average Bonchev–Trinajstić information content (AvgIpc) is 2.80. The molecule has 2 aliphatic heterocycles. The highest BCUT2D eigenvalue weighted by Crippen LogP contribution is 2.46. The van der Waals surface area contributed by atoms with E-state index in [1.807, 2.05) is 62.3 Å². The molecular formula is C27H36N2O3. The summed E-state index contributed by atoms with van der Waals surface area (Å²) in [7, 11) is 0. The number of aryl methyl sites for hydroxylation is 1. The maximum Gasteiger partial charge on any atom is 0.253 e. The van der Waals surface area contributed by atoms with Crippen LogP contribution in [0, 0.1) is 12.8 Å². The van der Waals surface area contributed by atoms with Gasteiger partial charge in [0.05, 0.1) is 17.8 Å². The summed E-state index contributed by atoms with van der Waals surface area (Å²) in [4.78, 5) is 19.5. The summed E-state index contributed by atoms with van der Waals surface area (Å²) in [5, 5.41) is 0. The number of nitrogens with zero attached hydrogens (tertiary/aromatic N) is 2. The van der Waals surface area contributed by atoms with Crippen molar-refractivity contribution in [2.45, 2.75) is 77.6 Å². The molecule has 0 unspecified atom stereocenters. The van der Waals surface area contributed by atoms with Crippen LogP contribution in [0.5, 0.6) is 5.75 Å². The van der Waals surface area contributed by atoms with E-state index >= 15 is 0 Å². The SMILES string of the molecule is CC[C@H]1C[C@@H](c2cccnc2)OC2(CCN(C(=O)c3ccc(OC(C)C)c(C)c3)CC2)C1. The Morgan fingerprint density at radius 3 is 2.69 bits per heavy atom. The first-order chi connectivity index (χ1) is 15.4. The van der Waals surface area contributed by atoms with Crippen molar-refractivity contribution in [3.63, 3.8) is 0 Å². The Balaban J connectivity index is 1.43. The minimum absolute atomic E-state index is 0.0980. The molecule has 172 valence electrons. The monoisotopic (exact) mass is 436 g/mol. The molecule has 0 N–H and O–H groups in total. The first kappa shape index (κ1) is 22.8. The van der Waals surface area contributed by atoms with E-state index in [1.165, 1.54) is 5.56 Å². The van der Waals surface area contributed by atoms with E-state index < -0.39 is 0 Å². The lowest BCUT2D eigenvalue weighted by molar-refractivity contribution is -0.168. The Morgan fingerprint density at radius 1 is 1.28 bits per heavy atom. The quantitative estimate of drug-likeness (QED) is 0.601. The van der Waals surface area contributed by atoms with Gasteiger partial charge >= 0.3 is 0 Å². The van der Waals surface area contributed by atoms with Crippen molar-refractivity contribution in [1.29, 1.82) is 0 Å². The zero-order chi connectivity index (χ0) is 22.7. The zero-order valence-corrected chi connectivity index (χ0v) is 19.8. The first-order valence-corrected chi connectivity index (χ1v) is 12.0. The smallest absolute Gasteiger partial charge is 0.253 e. The van der Waals surface area contributed by atoms with E-state index in [9.17, 15) is 4.79 Å². The third-order valence-electron chi connectivity index (χ3n) is 6.98. The summed E-state index contributed by atoms with van der Waals surface area (Å²) >= 11 is 0. The fourth-order valence-corrected chi connectivity index (χ4v) is 5.18. The summed E-state index contributed by atoms with van der Waals surface area (Å²) in [6, 6.07) is 9.87. The van der Waals surface area contributed by atoms with E-state index in [2.05, 4.69) is 18.0 Å². The number of hydrogen-bond acceptors (Lipinski definition) is 4. The molecule has 2 fully saturated rings. The van der Waals surface area contributed by atoms with Crippen LogP contribution in [0.4, 0.5) is 0 Å². The molecule has 5 nitrogen and oxygen atoms in total. The minimum Gasteiger partial charge on any atom is -0.491 e. The Hall–Kier alpha value is -2.40. The second kappa shape index (κ2) is 9.62. The molecule has 3 heterocycles. The molecule has 2 aliphatic rings. The number of ether oxygens (including phenoxy) is 2. The van der Waals surface area contributed by atoms with Crippen molar-refractivity contribution < 1.29 is 14.3 Å². The standard InChI is InChI=1S/C27H36N2O3/c1-5-21-16-25(23-7-6-12-28-18-23)32-27(17-21)10-13-29(14-11-27)26(30)22-8-9-24(20(4)15-22)31-19(2)3/h6-9,12,15,18-19,21,25H,5,10-11,13-14,16-17H2,1-4H3/t21-,25-/m0/s1. The third-order valence-corrected chi connectivity index (χ3v) is 6.98. The molecule has 0 saturated carbocycles. The molecule has 2 atom stereocenters. The highest BCUT2D eigenvalue weighted by Gasteiger charge is 2.44. The molecule has 2 aromatic rings. The van der Waals surface area contributed by atoms with E-state index in [0.717, 1.165) is 62.1 Å². The topological polar surface area (TPSA) is 51.7 Å². The molecule has 1 aromatic heterocycles. The van der Waals surface area contributed by atoms with Crippen LogP contribution >= 0.6 is 0 Å². The number of aromatic nitrogens is 1. The van der Waals surface area contributed by atoms with Crippen LogP contribution in [0.1, 0.15) is 80.5 Å². The van der Waals surface area contributed by atoms with Gasteiger partial charge in [0.2, 0.25) is 0 Å². The normalized spacial score (nSPS) is 22.8. The molecule has 1 aromatic carbocycles. The second-order valence-electron chi connectivity index (χ2n) is 9.73. The van der Waals surface area contributed by atoms with Crippen molar-refractivity contribution in [2.24, 2.45) is 5.92 Å². The van der Waals surface area contributed by atoms with Crippen LogP contribution in [0.3, 0.4) is 0 Å². The van der Waals surface area contributed by atoms with Gasteiger partial charge in [0.1, 0.15) is 5.75 Å². The number of rotatable bonds is 5. The number of hydrogen-bond donors (Lipinski definition) is 0. The maximum absolute atomic E-state index is 13.2. The average molecular weight is 437 g/mol. The van der Waals surface area contributed by atoms with Crippen LogP contribution < -0.4 is 4.74 Å². The predicted molar refractivity (Wildman–Crippen MR) is 126 cm³/mol. The maximum atomic E-state index is 13.2. The molecule has 2 saturated heterocycles. The molecule has 5 heteroatoms. The van der Waals surface area contributed by atoms with Crippen molar-refractivity contribution in [3.8, 4) is 5.75 Å². The number of benzene rings is 1. The van der Waals surface area contributed by atoms with Crippen LogP contribution in [-0.4, -0.2) is 40.6 Å². The fourth-order valence-electron chi connectivity index (χ4n) is 5.18. The van der Waals surface area contributed by atoms with Gasteiger partial charge in [-0.15, -0.1) is 0 Å².